The van der Waals surface area contributed by atoms with Gasteiger partial charge in [-0.15, -0.1) is 0 Å². The lowest BCUT2D eigenvalue weighted by atomic mass is 10.1. The highest BCUT2D eigenvalue weighted by Gasteiger charge is 2.01. The standard InChI is InChI=1S/C13H18O2/c1-10(2)7-8-15-13-6-4-5-12(9-13)11(3)14/h4-7,9,11,14H,8H2,1-3H3. The fourth-order valence-electron chi connectivity index (χ4n) is 1.17. The Labute approximate surface area is 91.2 Å². The van der Waals surface area contributed by atoms with Crippen LogP contribution in [0.4, 0.5) is 0 Å². The van der Waals surface area contributed by atoms with E-state index in [9.17, 15) is 5.11 Å². The minimum Gasteiger partial charge on any atom is -0.490 e. The van der Waals surface area contributed by atoms with Crippen molar-refractivity contribution >= 4 is 0 Å². The molecule has 0 saturated heterocycles. The van der Waals surface area contributed by atoms with Gasteiger partial charge in [0.2, 0.25) is 0 Å². The number of aliphatic hydroxyl groups excluding tert-OH is 1. The maximum atomic E-state index is 9.39. The summed E-state index contributed by atoms with van der Waals surface area (Å²) in [4.78, 5) is 0. The summed E-state index contributed by atoms with van der Waals surface area (Å²) in [6, 6.07) is 7.53. The summed E-state index contributed by atoms with van der Waals surface area (Å²) in [5.74, 6) is 0.797. The molecule has 0 aliphatic carbocycles. The molecule has 0 radical (unpaired) electrons. The molecular formula is C13H18O2. The second-order valence-corrected chi connectivity index (χ2v) is 3.84. The predicted molar refractivity (Wildman–Crippen MR) is 62.0 cm³/mol. The van der Waals surface area contributed by atoms with Crippen LogP contribution in [0.3, 0.4) is 0 Å². The van der Waals surface area contributed by atoms with E-state index in [1.807, 2.05) is 44.2 Å². The van der Waals surface area contributed by atoms with Crippen molar-refractivity contribution in [2.24, 2.45) is 0 Å². The summed E-state index contributed by atoms with van der Waals surface area (Å²) in [5, 5.41) is 9.39. The average molecular weight is 206 g/mol. The Morgan fingerprint density at radius 1 is 1.47 bits per heavy atom. The number of hydrogen-bond acceptors (Lipinski definition) is 2. The molecule has 0 aliphatic rings. The monoisotopic (exact) mass is 206 g/mol. The fraction of sp³-hybridized carbons (Fsp3) is 0.385. The van der Waals surface area contributed by atoms with Crippen LogP contribution in [0.2, 0.25) is 0 Å². The highest BCUT2D eigenvalue weighted by Crippen LogP contribution is 2.18. The van der Waals surface area contributed by atoms with Crippen LogP contribution in [-0.4, -0.2) is 11.7 Å². The van der Waals surface area contributed by atoms with Gasteiger partial charge in [-0.25, -0.2) is 0 Å². The van der Waals surface area contributed by atoms with E-state index in [1.54, 1.807) is 6.92 Å². The normalized spacial score (nSPS) is 12.0. The molecule has 0 aliphatic heterocycles. The van der Waals surface area contributed by atoms with E-state index in [4.69, 9.17) is 4.74 Å². The third-order valence-electron chi connectivity index (χ3n) is 2.08. The molecule has 0 saturated carbocycles. The van der Waals surface area contributed by atoms with Crippen LogP contribution in [0.1, 0.15) is 32.4 Å². The van der Waals surface area contributed by atoms with Crippen LogP contribution in [0, 0.1) is 0 Å². The van der Waals surface area contributed by atoms with Crippen LogP contribution < -0.4 is 4.74 Å². The largest absolute Gasteiger partial charge is 0.490 e. The number of rotatable bonds is 4. The Bertz CT molecular complexity index is 336. The Balaban J connectivity index is 2.62. The van der Waals surface area contributed by atoms with Gasteiger partial charge in [-0.1, -0.05) is 17.7 Å². The van der Waals surface area contributed by atoms with Gasteiger partial charge in [0.15, 0.2) is 0 Å². The third-order valence-corrected chi connectivity index (χ3v) is 2.08. The van der Waals surface area contributed by atoms with Gasteiger partial charge >= 0.3 is 0 Å². The Morgan fingerprint density at radius 3 is 2.80 bits per heavy atom. The molecule has 1 aromatic carbocycles. The van der Waals surface area contributed by atoms with Gasteiger partial charge in [-0.2, -0.15) is 0 Å². The van der Waals surface area contributed by atoms with E-state index in [-0.39, 0.29) is 0 Å². The van der Waals surface area contributed by atoms with Gasteiger partial charge in [0.1, 0.15) is 12.4 Å². The number of aliphatic hydroxyl groups is 1. The van der Waals surface area contributed by atoms with Crippen molar-refractivity contribution in [3.8, 4) is 5.75 Å². The van der Waals surface area contributed by atoms with Gasteiger partial charge in [0.05, 0.1) is 6.10 Å². The van der Waals surface area contributed by atoms with Crippen molar-refractivity contribution in [2.75, 3.05) is 6.61 Å². The van der Waals surface area contributed by atoms with Crippen molar-refractivity contribution in [3.05, 3.63) is 41.5 Å². The molecule has 0 spiro atoms. The van der Waals surface area contributed by atoms with Crippen molar-refractivity contribution in [3.63, 3.8) is 0 Å². The lowest BCUT2D eigenvalue weighted by Crippen LogP contribution is -1.96. The van der Waals surface area contributed by atoms with Crippen molar-refractivity contribution < 1.29 is 9.84 Å². The zero-order chi connectivity index (χ0) is 11.3. The second kappa shape index (κ2) is 5.56. The van der Waals surface area contributed by atoms with Gasteiger partial charge in [0, 0.05) is 0 Å². The minimum atomic E-state index is -0.447. The summed E-state index contributed by atoms with van der Waals surface area (Å²) in [6.07, 6.45) is 1.58. The van der Waals surface area contributed by atoms with Gasteiger partial charge in [-0.05, 0) is 44.5 Å². The van der Waals surface area contributed by atoms with Crippen LogP contribution in [0.25, 0.3) is 0 Å². The predicted octanol–water partition coefficient (Wildman–Crippen LogP) is 3.08. The Hall–Kier alpha value is -1.28. The zero-order valence-electron chi connectivity index (χ0n) is 9.53. The zero-order valence-corrected chi connectivity index (χ0v) is 9.53. The fourth-order valence-corrected chi connectivity index (χ4v) is 1.17. The Morgan fingerprint density at radius 2 is 2.20 bits per heavy atom. The highest BCUT2D eigenvalue weighted by molar-refractivity contribution is 5.29. The van der Waals surface area contributed by atoms with E-state index >= 15 is 0 Å². The molecule has 1 aromatic rings. The molecule has 1 rings (SSSR count). The summed E-state index contributed by atoms with van der Waals surface area (Å²) < 4.78 is 5.52. The molecule has 0 bridgehead atoms. The molecule has 0 fully saturated rings. The summed E-state index contributed by atoms with van der Waals surface area (Å²) in [5.41, 5.74) is 2.12. The quantitative estimate of drug-likeness (QED) is 0.767. The molecule has 1 N–H and O–H groups in total. The third kappa shape index (κ3) is 4.17. The van der Waals surface area contributed by atoms with Crippen molar-refractivity contribution in [1.82, 2.24) is 0 Å². The minimum absolute atomic E-state index is 0.447. The average Bonchev–Trinajstić information content (AvgIpc) is 2.17. The SMILES string of the molecule is CC(C)=CCOc1cccc(C(C)O)c1. The van der Waals surface area contributed by atoms with Crippen LogP contribution in [-0.2, 0) is 0 Å². The van der Waals surface area contributed by atoms with E-state index in [2.05, 4.69) is 0 Å². The maximum Gasteiger partial charge on any atom is 0.120 e. The molecule has 82 valence electrons. The van der Waals surface area contributed by atoms with Gasteiger partial charge in [-0.3, -0.25) is 0 Å². The van der Waals surface area contributed by atoms with Crippen LogP contribution in [0.5, 0.6) is 5.75 Å². The van der Waals surface area contributed by atoms with E-state index < -0.39 is 6.10 Å². The second-order valence-electron chi connectivity index (χ2n) is 3.84. The summed E-state index contributed by atoms with van der Waals surface area (Å²) in [6.45, 7) is 6.39. The molecule has 0 aromatic heterocycles. The molecule has 0 amide bonds. The molecule has 1 atom stereocenters. The smallest absolute Gasteiger partial charge is 0.120 e. The van der Waals surface area contributed by atoms with Gasteiger partial charge < -0.3 is 9.84 Å². The number of allylic oxidation sites excluding steroid dienone is 1. The van der Waals surface area contributed by atoms with Crippen LogP contribution >= 0.6 is 0 Å². The van der Waals surface area contributed by atoms with Crippen molar-refractivity contribution in [2.45, 2.75) is 26.9 Å². The number of hydrogen-bond donors (Lipinski definition) is 1. The lowest BCUT2D eigenvalue weighted by molar-refractivity contribution is 0.198. The van der Waals surface area contributed by atoms with E-state index in [0.717, 1.165) is 11.3 Å². The van der Waals surface area contributed by atoms with Gasteiger partial charge in [0.25, 0.3) is 0 Å². The van der Waals surface area contributed by atoms with E-state index in [1.165, 1.54) is 5.57 Å². The molecule has 0 heterocycles. The maximum absolute atomic E-state index is 9.39. The lowest BCUT2D eigenvalue weighted by Gasteiger charge is -2.08. The molecular weight excluding hydrogens is 188 g/mol. The summed E-state index contributed by atoms with van der Waals surface area (Å²) >= 11 is 0. The molecule has 15 heavy (non-hydrogen) atoms. The van der Waals surface area contributed by atoms with Crippen LogP contribution in [0.15, 0.2) is 35.9 Å². The molecule has 1 unspecified atom stereocenters. The van der Waals surface area contributed by atoms with Crippen molar-refractivity contribution in [1.29, 1.82) is 0 Å². The number of ether oxygens (including phenoxy) is 1. The molecule has 2 heteroatoms. The first-order chi connectivity index (χ1) is 7.09. The summed E-state index contributed by atoms with van der Waals surface area (Å²) in [7, 11) is 0. The first kappa shape index (κ1) is 11.8. The molecule has 2 nitrogen and oxygen atoms in total. The topological polar surface area (TPSA) is 29.5 Å². The Kier molecular flexibility index (Phi) is 4.37. The highest BCUT2D eigenvalue weighted by atomic mass is 16.5. The number of benzene rings is 1. The first-order valence-electron chi connectivity index (χ1n) is 5.14. The van der Waals surface area contributed by atoms with E-state index in [0.29, 0.717) is 6.61 Å². The first-order valence-corrected chi connectivity index (χ1v) is 5.14.